The molecule has 2 unspecified atom stereocenters. The average molecular weight is 185 g/mol. The van der Waals surface area contributed by atoms with Crippen molar-refractivity contribution in [1.82, 2.24) is 4.90 Å². The van der Waals surface area contributed by atoms with E-state index in [-0.39, 0.29) is 12.3 Å². The summed E-state index contributed by atoms with van der Waals surface area (Å²) in [6, 6.07) is 0. The minimum absolute atomic E-state index is 0.260. The van der Waals surface area contributed by atoms with Gasteiger partial charge in [-0.25, -0.2) is 0 Å². The van der Waals surface area contributed by atoms with Crippen molar-refractivity contribution < 1.29 is 14.7 Å². The van der Waals surface area contributed by atoms with Crippen LogP contribution in [0.1, 0.15) is 20.3 Å². The Morgan fingerprint density at radius 1 is 1.31 bits per heavy atom. The van der Waals surface area contributed by atoms with E-state index in [0.717, 1.165) is 0 Å². The van der Waals surface area contributed by atoms with Gasteiger partial charge in [-0.3, -0.25) is 9.59 Å². The molecule has 1 aliphatic rings. The van der Waals surface area contributed by atoms with E-state index in [9.17, 15) is 9.59 Å². The number of carboxylic acid groups (broad SMARTS) is 1. The van der Waals surface area contributed by atoms with Gasteiger partial charge in [0.2, 0.25) is 5.91 Å². The molecule has 1 rings (SSSR count). The third-order valence-electron chi connectivity index (χ3n) is 2.64. The van der Waals surface area contributed by atoms with Gasteiger partial charge in [-0.05, 0) is 11.8 Å². The summed E-state index contributed by atoms with van der Waals surface area (Å²) in [7, 11) is 0. The van der Waals surface area contributed by atoms with Crippen LogP contribution in [0.2, 0.25) is 0 Å². The lowest BCUT2D eigenvalue weighted by Gasteiger charge is -2.14. The average Bonchev–Trinajstić information content (AvgIpc) is 2.31. The Bertz CT molecular complexity index is 217. The Morgan fingerprint density at radius 2 is 1.77 bits per heavy atom. The van der Waals surface area contributed by atoms with Crippen LogP contribution in [-0.2, 0) is 9.59 Å². The molecule has 1 amide bonds. The SMILES string of the molecule is CC1CN(C(=O)CC(=O)O)CC1C. The largest absolute Gasteiger partial charge is 0.481 e. The number of aliphatic carboxylic acids is 1. The molecule has 1 saturated heterocycles. The molecule has 13 heavy (non-hydrogen) atoms. The van der Waals surface area contributed by atoms with Gasteiger partial charge >= 0.3 is 5.97 Å². The van der Waals surface area contributed by atoms with Crippen LogP contribution in [-0.4, -0.2) is 35.0 Å². The molecule has 1 N–H and O–H groups in total. The van der Waals surface area contributed by atoms with Crippen molar-refractivity contribution in [3.63, 3.8) is 0 Å². The molecule has 1 fully saturated rings. The van der Waals surface area contributed by atoms with Crippen LogP contribution in [0.15, 0.2) is 0 Å². The maximum absolute atomic E-state index is 11.3. The van der Waals surface area contributed by atoms with Crippen molar-refractivity contribution in [2.75, 3.05) is 13.1 Å². The molecular formula is C9H15NO3. The molecule has 1 aliphatic heterocycles. The minimum Gasteiger partial charge on any atom is -0.481 e. The van der Waals surface area contributed by atoms with Crippen molar-refractivity contribution >= 4 is 11.9 Å². The summed E-state index contributed by atoms with van der Waals surface area (Å²) in [5.41, 5.74) is 0. The standard InChI is InChI=1S/C9H15NO3/c1-6-4-10(5-7(6)2)8(11)3-9(12)13/h6-7H,3-5H2,1-2H3,(H,12,13). The van der Waals surface area contributed by atoms with E-state index in [4.69, 9.17) is 5.11 Å². The molecule has 0 aromatic rings. The van der Waals surface area contributed by atoms with E-state index >= 15 is 0 Å². The van der Waals surface area contributed by atoms with Gasteiger partial charge in [0, 0.05) is 13.1 Å². The Morgan fingerprint density at radius 3 is 2.15 bits per heavy atom. The van der Waals surface area contributed by atoms with Crippen LogP contribution >= 0.6 is 0 Å². The number of carbonyl (C=O) groups is 2. The molecule has 4 heteroatoms. The van der Waals surface area contributed by atoms with Crippen molar-refractivity contribution in [2.45, 2.75) is 20.3 Å². The predicted octanol–water partition coefficient (Wildman–Crippen LogP) is 0.575. The van der Waals surface area contributed by atoms with Crippen LogP contribution < -0.4 is 0 Å². The number of carbonyl (C=O) groups excluding carboxylic acids is 1. The summed E-state index contributed by atoms with van der Waals surface area (Å²) in [6.07, 6.45) is -0.376. The zero-order valence-electron chi connectivity index (χ0n) is 7.99. The Hall–Kier alpha value is -1.06. The van der Waals surface area contributed by atoms with Gasteiger partial charge in [0.15, 0.2) is 0 Å². The maximum Gasteiger partial charge on any atom is 0.312 e. The van der Waals surface area contributed by atoms with Gasteiger partial charge in [-0.15, -0.1) is 0 Å². The molecular weight excluding hydrogens is 170 g/mol. The van der Waals surface area contributed by atoms with Crippen LogP contribution in [0.3, 0.4) is 0 Å². The number of nitrogens with zero attached hydrogens (tertiary/aromatic N) is 1. The third-order valence-corrected chi connectivity index (χ3v) is 2.64. The molecule has 0 aliphatic carbocycles. The number of likely N-dealkylation sites (tertiary alicyclic amines) is 1. The number of hydrogen-bond acceptors (Lipinski definition) is 2. The highest BCUT2D eigenvalue weighted by Gasteiger charge is 2.29. The van der Waals surface area contributed by atoms with Gasteiger partial charge < -0.3 is 10.0 Å². The van der Waals surface area contributed by atoms with Crippen molar-refractivity contribution in [1.29, 1.82) is 0 Å². The molecule has 0 aromatic heterocycles. The molecule has 4 nitrogen and oxygen atoms in total. The lowest BCUT2D eigenvalue weighted by molar-refractivity contribution is -0.143. The number of rotatable bonds is 2. The van der Waals surface area contributed by atoms with Gasteiger partial charge in [0.25, 0.3) is 0 Å². The van der Waals surface area contributed by atoms with Crippen molar-refractivity contribution in [3.05, 3.63) is 0 Å². The molecule has 0 aromatic carbocycles. The Kier molecular flexibility index (Phi) is 2.90. The quantitative estimate of drug-likeness (QED) is 0.640. The van der Waals surface area contributed by atoms with Crippen LogP contribution in [0.4, 0.5) is 0 Å². The van der Waals surface area contributed by atoms with E-state index in [1.54, 1.807) is 4.90 Å². The fraction of sp³-hybridized carbons (Fsp3) is 0.778. The second-order valence-corrected chi connectivity index (χ2v) is 3.82. The summed E-state index contributed by atoms with van der Waals surface area (Å²) in [5, 5.41) is 8.43. The van der Waals surface area contributed by atoms with E-state index < -0.39 is 5.97 Å². The highest BCUT2D eigenvalue weighted by Crippen LogP contribution is 2.22. The Balaban J connectivity index is 2.46. The maximum atomic E-state index is 11.3. The van der Waals surface area contributed by atoms with E-state index in [1.165, 1.54) is 0 Å². The number of amides is 1. The molecule has 2 atom stereocenters. The highest BCUT2D eigenvalue weighted by atomic mass is 16.4. The molecule has 0 spiro atoms. The monoisotopic (exact) mass is 185 g/mol. The first-order valence-corrected chi connectivity index (χ1v) is 4.50. The molecule has 74 valence electrons. The first-order valence-electron chi connectivity index (χ1n) is 4.50. The zero-order valence-corrected chi connectivity index (χ0v) is 7.99. The smallest absolute Gasteiger partial charge is 0.312 e. The predicted molar refractivity (Wildman–Crippen MR) is 47.2 cm³/mol. The number of hydrogen-bond donors (Lipinski definition) is 1. The van der Waals surface area contributed by atoms with E-state index in [0.29, 0.717) is 24.9 Å². The fourth-order valence-electron chi connectivity index (χ4n) is 1.57. The van der Waals surface area contributed by atoms with E-state index in [2.05, 4.69) is 13.8 Å². The summed E-state index contributed by atoms with van der Waals surface area (Å²) in [5.74, 6) is -0.337. The zero-order chi connectivity index (χ0) is 10.0. The van der Waals surface area contributed by atoms with Gasteiger partial charge in [-0.2, -0.15) is 0 Å². The van der Waals surface area contributed by atoms with Gasteiger partial charge in [0.1, 0.15) is 6.42 Å². The molecule has 0 radical (unpaired) electrons. The van der Waals surface area contributed by atoms with Crippen LogP contribution in [0.5, 0.6) is 0 Å². The topological polar surface area (TPSA) is 57.6 Å². The summed E-state index contributed by atoms with van der Waals surface area (Å²) >= 11 is 0. The second-order valence-electron chi connectivity index (χ2n) is 3.82. The second kappa shape index (κ2) is 3.77. The summed E-state index contributed by atoms with van der Waals surface area (Å²) in [6.45, 7) is 5.57. The third kappa shape index (κ3) is 2.44. The normalized spacial score (nSPS) is 27.7. The lowest BCUT2D eigenvalue weighted by atomic mass is 10.0. The van der Waals surface area contributed by atoms with Crippen LogP contribution in [0.25, 0.3) is 0 Å². The first-order chi connectivity index (χ1) is 6.00. The lowest BCUT2D eigenvalue weighted by Crippen LogP contribution is -2.30. The summed E-state index contributed by atoms with van der Waals surface area (Å²) < 4.78 is 0. The minimum atomic E-state index is -1.04. The highest BCUT2D eigenvalue weighted by molar-refractivity contribution is 5.93. The fourth-order valence-corrected chi connectivity index (χ4v) is 1.57. The number of carboxylic acids is 1. The van der Waals surface area contributed by atoms with Crippen LogP contribution in [0, 0.1) is 11.8 Å². The molecule has 1 heterocycles. The molecule has 0 bridgehead atoms. The van der Waals surface area contributed by atoms with Crippen molar-refractivity contribution in [2.24, 2.45) is 11.8 Å². The van der Waals surface area contributed by atoms with E-state index in [1.807, 2.05) is 0 Å². The van der Waals surface area contributed by atoms with Gasteiger partial charge in [-0.1, -0.05) is 13.8 Å². The van der Waals surface area contributed by atoms with Gasteiger partial charge in [0.05, 0.1) is 0 Å². The van der Waals surface area contributed by atoms with Crippen molar-refractivity contribution in [3.8, 4) is 0 Å². The molecule has 0 saturated carbocycles. The summed E-state index contributed by atoms with van der Waals surface area (Å²) in [4.78, 5) is 23.2. The Labute approximate surface area is 77.5 Å². The first kappa shape index (κ1) is 10.0.